The van der Waals surface area contributed by atoms with Crippen molar-refractivity contribution >= 4 is 17.6 Å². The molecule has 2 aromatic rings. The summed E-state index contributed by atoms with van der Waals surface area (Å²) < 4.78 is 1.58. The van der Waals surface area contributed by atoms with Crippen molar-refractivity contribution in [2.75, 3.05) is 6.54 Å². The SMILES string of the molecule is CCc1c(C(=O)NC2CCC(=O)NC2)cnc2ncnn12. The largest absolute Gasteiger partial charge is 0.354 e. The van der Waals surface area contributed by atoms with Crippen LogP contribution >= 0.6 is 0 Å². The van der Waals surface area contributed by atoms with Gasteiger partial charge in [-0.3, -0.25) is 9.59 Å². The van der Waals surface area contributed by atoms with E-state index in [4.69, 9.17) is 0 Å². The van der Waals surface area contributed by atoms with Crippen molar-refractivity contribution in [3.63, 3.8) is 0 Å². The van der Waals surface area contributed by atoms with Gasteiger partial charge in [-0.25, -0.2) is 9.50 Å². The molecule has 0 bridgehead atoms. The number of fused-ring (bicyclic) bond motifs is 1. The van der Waals surface area contributed by atoms with Gasteiger partial charge in [0.1, 0.15) is 6.33 Å². The topological polar surface area (TPSA) is 101 Å². The van der Waals surface area contributed by atoms with Gasteiger partial charge in [-0.1, -0.05) is 6.92 Å². The number of nitrogens with zero attached hydrogens (tertiary/aromatic N) is 4. The van der Waals surface area contributed by atoms with Crippen molar-refractivity contribution in [1.29, 1.82) is 0 Å². The van der Waals surface area contributed by atoms with Crippen LogP contribution in [0.4, 0.5) is 0 Å². The van der Waals surface area contributed by atoms with Gasteiger partial charge in [0.05, 0.1) is 11.3 Å². The lowest BCUT2D eigenvalue weighted by molar-refractivity contribution is -0.122. The van der Waals surface area contributed by atoms with E-state index in [0.29, 0.717) is 37.1 Å². The molecule has 110 valence electrons. The van der Waals surface area contributed by atoms with Crippen LogP contribution in [0.2, 0.25) is 0 Å². The molecular formula is C13H16N6O2. The van der Waals surface area contributed by atoms with Crippen LogP contribution in [-0.4, -0.2) is 44.0 Å². The average Bonchev–Trinajstić information content (AvgIpc) is 2.97. The first-order chi connectivity index (χ1) is 10.2. The number of nitrogens with one attached hydrogen (secondary N) is 2. The van der Waals surface area contributed by atoms with E-state index in [1.54, 1.807) is 4.52 Å². The maximum absolute atomic E-state index is 12.4. The highest BCUT2D eigenvalue weighted by Gasteiger charge is 2.22. The zero-order chi connectivity index (χ0) is 14.8. The number of aryl methyl sites for hydroxylation is 1. The quantitative estimate of drug-likeness (QED) is 0.807. The van der Waals surface area contributed by atoms with Crippen LogP contribution in [0.15, 0.2) is 12.5 Å². The number of rotatable bonds is 3. The summed E-state index contributed by atoms with van der Waals surface area (Å²) in [6, 6.07) is -0.0497. The number of carbonyl (C=O) groups is 2. The second kappa shape index (κ2) is 5.47. The Labute approximate surface area is 121 Å². The molecule has 3 heterocycles. The molecule has 3 rings (SSSR count). The normalized spacial score (nSPS) is 18.5. The fraction of sp³-hybridized carbons (Fsp3) is 0.462. The first-order valence-electron chi connectivity index (χ1n) is 6.94. The zero-order valence-corrected chi connectivity index (χ0v) is 11.7. The van der Waals surface area contributed by atoms with Gasteiger partial charge >= 0.3 is 0 Å². The lowest BCUT2D eigenvalue weighted by Gasteiger charge is -2.23. The molecule has 0 aromatic carbocycles. The molecule has 8 nitrogen and oxygen atoms in total. The minimum absolute atomic E-state index is 0.0282. The van der Waals surface area contributed by atoms with E-state index in [1.165, 1.54) is 12.5 Å². The van der Waals surface area contributed by atoms with Crippen LogP contribution in [0.25, 0.3) is 5.78 Å². The number of hydrogen-bond donors (Lipinski definition) is 2. The molecule has 1 unspecified atom stereocenters. The third kappa shape index (κ3) is 2.56. The summed E-state index contributed by atoms with van der Waals surface area (Å²) in [4.78, 5) is 31.7. The first kappa shape index (κ1) is 13.5. The molecule has 0 spiro atoms. The molecule has 0 radical (unpaired) electrons. The number of piperidine rings is 1. The fourth-order valence-electron chi connectivity index (χ4n) is 2.47. The summed E-state index contributed by atoms with van der Waals surface area (Å²) in [5.41, 5.74) is 1.27. The maximum atomic E-state index is 12.4. The number of carbonyl (C=O) groups excluding carboxylic acids is 2. The van der Waals surface area contributed by atoms with Crippen molar-refractivity contribution in [3.8, 4) is 0 Å². The van der Waals surface area contributed by atoms with Crippen LogP contribution in [0, 0.1) is 0 Å². The predicted molar refractivity (Wildman–Crippen MR) is 73.7 cm³/mol. The Morgan fingerprint density at radius 2 is 2.38 bits per heavy atom. The van der Waals surface area contributed by atoms with Crippen LogP contribution in [0.3, 0.4) is 0 Å². The van der Waals surface area contributed by atoms with Gasteiger partial charge in [0, 0.05) is 25.2 Å². The average molecular weight is 288 g/mol. The van der Waals surface area contributed by atoms with Gasteiger partial charge < -0.3 is 10.6 Å². The monoisotopic (exact) mass is 288 g/mol. The standard InChI is InChI=1S/C13H16N6O2/c1-2-10-9(6-15-13-16-7-17-19(10)13)12(21)18-8-3-4-11(20)14-5-8/h6-8H,2-5H2,1H3,(H,14,20)(H,18,21). The van der Waals surface area contributed by atoms with Crippen LogP contribution in [0.5, 0.6) is 0 Å². The highest BCUT2D eigenvalue weighted by atomic mass is 16.2. The number of aromatic nitrogens is 4. The van der Waals surface area contributed by atoms with E-state index in [9.17, 15) is 9.59 Å². The molecule has 1 aliphatic heterocycles. The minimum Gasteiger partial charge on any atom is -0.354 e. The molecule has 2 amide bonds. The Morgan fingerprint density at radius 1 is 1.52 bits per heavy atom. The van der Waals surface area contributed by atoms with E-state index < -0.39 is 0 Å². The second-order valence-corrected chi connectivity index (χ2v) is 4.96. The Hall–Kier alpha value is -2.51. The fourth-order valence-corrected chi connectivity index (χ4v) is 2.47. The highest BCUT2D eigenvalue weighted by molar-refractivity contribution is 5.95. The molecule has 1 aliphatic rings. The Kier molecular flexibility index (Phi) is 3.51. The molecule has 1 fully saturated rings. The second-order valence-electron chi connectivity index (χ2n) is 4.96. The lowest BCUT2D eigenvalue weighted by Crippen LogP contribution is -2.48. The molecular weight excluding hydrogens is 272 g/mol. The van der Waals surface area contributed by atoms with Crippen LogP contribution in [-0.2, 0) is 11.2 Å². The molecule has 1 atom stereocenters. The van der Waals surface area contributed by atoms with Crippen molar-refractivity contribution in [1.82, 2.24) is 30.2 Å². The zero-order valence-electron chi connectivity index (χ0n) is 11.7. The van der Waals surface area contributed by atoms with Crippen LogP contribution in [0.1, 0.15) is 35.8 Å². The number of hydrogen-bond acceptors (Lipinski definition) is 5. The Bertz CT molecular complexity index is 685. The molecule has 21 heavy (non-hydrogen) atoms. The molecule has 8 heteroatoms. The van der Waals surface area contributed by atoms with Crippen molar-refractivity contribution < 1.29 is 9.59 Å². The van der Waals surface area contributed by atoms with Crippen molar-refractivity contribution in [2.45, 2.75) is 32.2 Å². The summed E-state index contributed by atoms with van der Waals surface area (Å²) in [6.45, 7) is 2.42. The van der Waals surface area contributed by atoms with Gasteiger partial charge in [-0.05, 0) is 12.8 Å². The molecule has 0 aliphatic carbocycles. The van der Waals surface area contributed by atoms with E-state index in [2.05, 4.69) is 25.7 Å². The highest BCUT2D eigenvalue weighted by Crippen LogP contribution is 2.11. The minimum atomic E-state index is -0.196. The van der Waals surface area contributed by atoms with E-state index in [1.807, 2.05) is 6.92 Å². The van der Waals surface area contributed by atoms with Gasteiger partial charge in [-0.2, -0.15) is 10.1 Å². The number of amides is 2. The smallest absolute Gasteiger partial charge is 0.254 e. The third-order valence-corrected chi connectivity index (χ3v) is 3.59. The van der Waals surface area contributed by atoms with Gasteiger partial charge in [0.25, 0.3) is 11.7 Å². The molecule has 2 aromatic heterocycles. The summed E-state index contributed by atoms with van der Waals surface area (Å²) in [6.07, 6.45) is 4.68. The van der Waals surface area contributed by atoms with Gasteiger partial charge in [0.15, 0.2) is 0 Å². The van der Waals surface area contributed by atoms with E-state index >= 15 is 0 Å². The Morgan fingerprint density at radius 3 is 3.10 bits per heavy atom. The third-order valence-electron chi connectivity index (χ3n) is 3.59. The van der Waals surface area contributed by atoms with Crippen molar-refractivity contribution in [3.05, 3.63) is 23.8 Å². The first-order valence-corrected chi connectivity index (χ1v) is 6.94. The van der Waals surface area contributed by atoms with Gasteiger partial charge in [-0.15, -0.1) is 0 Å². The molecule has 0 saturated carbocycles. The maximum Gasteiger partial charge on any atom is 0.254 e. The summed E-state index contributed by atoms with van der Waals surface area (Å²) in [5.74, 6) is 0.312. The molecule has 2 N–H and O–H groups in total. The molecule has 1 saturated heterocycles. The lowest BCUT2D eigenvalue weighted by atomic mass is 10.1. The summed E-state index contributed by atoms with van der Waals surface area (Å²) >= 11 is 0. The van der Waals surface area contributed by atoms with E-state index in [-0.39, 0.29) is 17.9 Å². The van der Waals surface area contributed by atoms with Crippen LogP contribution < -0.4 is 10.6 Å². The predicted octanol–water partition coefficient (Wildman–Crippen LogP) is -0.305. The summed E-state index contributed by atoms with van der Waals surface area (Å²) in [7, 11) is 0. The summed E-state index contributed by atoms with van der Waals surface area (Å²) in [5, 5.41) is 9.77. The Balaban J connectivity index is 1.82. The van der Waals surface area contributed by atoms with E-state index in [0.717, 1.165) is 5.69 Å². The van der Waals surface area contributed by atoms with Crippen molar-refractivity contribution in [2.24, 2.45) is 0 Å². The van der Waals surface area contributed by atoms with Gasteiger partial charge in [0.2, 0.25) is 5.91 Å².